The molecule has 3 heterocycles. The molecule has 0 aliphatic carbocycles. The van der Waals surface area contributed by atoms with Crippen LogP contribution in [-0.4, -0.2) is 9.97 Å². The van der Waals surface area contributed by atoms with Crippen LogP contribution < -0.4 is 0 Å². The van der Waals surface area contributed by atoms with Crippen LogP contribution in [0, 0.1) is 6.85 Å². The van der Waals surface area contributed by atoms with Crippen LogP contribution in [0.15, 0.2) is 77.3 Å². The molecule has 0 spiro atoms. The highest BCUT2D eigenvalue weighted by Gasteiger charge is 2.23. The van der Waals surface area contributed by atoms with Gasteiger partial charge in [0.1, 0.15) is 5.58 Å². The van der Waals surface area contributed by atoms with Gasteiger partial charge >= 0.3 is 0 Å². The Labute approximate surface area is 206 Å². The second-order valence-corrected chi connectivity index (χ2v) is 10.8. The van der Waals surface area contributed by atoms with E-state index in [1.807, 2.05) is 24.4 Å². The van der Waals surface area contributed by atoms with Crippen LogP contribution in [0.3, 0.4) is 0 Å². The van der Waals surface area contributed by atoms with E-state index >= 15 is 0 Å². The van der Waals surface area contributed by atoms with E-state index in [2.05, 4.69) is 81.0 Å². The topological polar surface area (TPSA) is 38.9 Å². The summed E-state index contributed by atoms with van der Waals surface area (Å²) in [7, 11) is 0. The molecule has 2 aromatic carbocycles. The summed E-state index contributed by atoms with van der Waals surface area (Å²) in [6.07, 6.45) is 2.70. The maximum Gasteiger partial charge on any atom is 0.227 e. The molecule has 0 amide bonds. The van der Waals surface area contributed by atoms with Crippen molar-refractivity contribution in [2.24, 2.45) is 0 Å². The van der Waals surface area contributed by atoms with E-state index in [0.717, 1.165) is 28.5 Å². The minimum absolute atomic E-state index is 0.0264. The van der Waals surface area contributed by atoms with Gasteiger partial charge in [0.2, 0.25) is 5.71 Å². The number of hydrogen-bond acceptors (Lipinski definition) is 3. The van der Waals surface area contributed by atoms with Crippen molar-refractivity contribution in [3.05, 3.63) is 95.3 Å². The summed E-state index contributed by atoms with van der Waals surface area (Å²) in [4.78, 5) is 8.95. The first-order valence-corrected chi connectivity index (χ1v) is 11.7. The van der Waals surface area contributed by atoms with Gasteiger partial charge in [0.15, 0.2) is 0 Å². The molecule has 34 heavy (non-hydrogen) atoms. The van der Waals surface area contributed by atoms with Crippen molar-refractivity contribution in [2.45, 2.75) is 58.7 Å². The Morgan fingerprint density at radius 1 is 0.853 bits per heavy atom. The average Bonchev–Trinajstić information content (AvgIpc) is 3.21. The summed E-state index contributed by atoms with van der Waals surface area (Å²) in [5.41, 5.74) is 6.58. The zero-order valence-corrected chi connectivity index (χ0v) is 20.4. The van der Waals surface area contributed by atoms with Crippen molar-refractivity contribution in [3.63, 3.8) is 0 Å². The lowest BCUT2D eigenvalue weighted by atomic mass is 9.77. The van der Waals surface area contributed by atoms with E-state index in [-0.39, 0.29) is 16.5 Å². The van der Waals surface area contributed by atoms with Gasteiger partial charge in [0, 0.05) is 32.3 Å². The van der Waals surface area contributed by atoms with Crippen LogP contribution in [0.4, 0.5) is 0 Å². The summed E-state index contributed by atoms with van der Waals surface area (Å²) >= 11 is 0. The maximum atomic E-state index is 7.67. The molecule has 0 fully saturated rings. The second kappa shape index (κ2) is 8.09. The van der Waals surface area contributed by atoms with Crippen LogP contribution in [0.25, 0.3) is 33.3 Å². The van der Waals surface area contributed by atoms with E-state index in [1.165, 1.54) is 16.7 Å². The lowest BCUT2D eigenvalue weighted by Gasteiger charge is -2.27. The van der Waals surface area contributed by atoms with Gasteiger partial charge < -0.3 is 4.42 Å². The fourth-order valence-electron chi connectivity index (χ4n) is 4.65. The van der Waals surface area contributed by atoms with Crippen molar-refractivity contribution in [1.82, 2.24) is 9.97 Å². The highest BCUT2D eigenvalue weighted by Crippen LogP contribution is 2.36. The first-order valence-electron chi connectivity index (χ1n) is 13.2. The van der Waals surface area contributed by atoms with Gasteiger partial charge in [0.05, 0.1) is 5.69 Å². The Bertz CT molecular complexity index is 1590. The number of furan rings is 1. The Hall–Kier alpha value is -3.46. The van der Waals surface area contributed by atoms with Crippen LogP contribution in [0.2, 0.25) is 0 Å². The number of nitrogens with zero attached hydrogens (tertiary/aromatic N) is 2. The molecule has 3 aromatic heterocycles. The third kappa shape index (κ3) is 4.11. The van der Waals surface area contributed by atoms with Crippen molar-refractivity contribution in [1.29, 1.82) is 0 Å². The lowest BCUT2D eigenvalue weighted by molar-refractivity contribution is 0.520. The minimum atomic E-state index is -2.29. The van der Waals surface area contributed by atoms with E-state index in [1.54, 1.807) is 12.1 Å². The highest BCUT2D eigenvalue weighted by atomic mass is 16.3. The molecule has 0 saturated heterocycles. The smallest absolute Gasteiger partial charge is 0.227 e. The maximum absolute atomic E-state index is 7.67. The van der Waals surface area contributed by atoms with Crippen LogP contribution in [0.5, 0.6) is 0 Å². The molecule has 3 heteroatoms. The van der Waals surface area contributed by atoms with Crippen molar-refractivity contribution < 1.29 is 8.53 Å². The second-order valence-electron chi connectivity index (χ2n) is 10.8. The summed E-state index contributed by atoms with van der Waals surface area (Å²) in [5.74, 6) is 0. The number of hydrogen-bond donors (Lipinski definition) is 0. The van der Waals surface area contributed by atoms with E-state index in [9.17, 15) is 0 Å². The predicted molar refractivity (Wildman–Crippen MR) is 141 cm³/mol. The van der Waals surface area contributed by atoms with Crippen molar-refractivity contribution in [3.8, 4) is 11.3 Å². The highest BCUT2D eigenvalue weighted by molar-refractivity contribution is 6.08. The van der Waals surface area contributed by atoms with Gasteiger partial charge in [-0.1, -0.05) is 71.0 Å². The molecule has 172 valence electrons. The molecule has 3 nitrogen and oxygen atoms in total. The molecule has 5 aromatic rings. The minimum Gasteiger partial charge on any atom is -0.437 e. The average molecular weight is 452 g/mol. The zero-order valence-electron chi connectivity index (χ0n) is 23.4. The number of pyridine rings is 2. The summed E-state index contributed by atoms with van der Waals surface area (Å²) < 4.78 is 29.1. The fraction of sp³-hybridized carbons (Fsp3) is 0.290. The largest absolute Gasteiger partial charge is 0.437 e. The number of benzene rings is 2. The quantitative estimate of drug-likeness (QED) is 0.277. The van der Waals surface area contributed by atoms with Crippen LogP contribution in [0.1, 0.15) is 61.1 Å². The van der Waals surface area contributed by atoms with Gasteiger partial charge in [-0.2, -0.15) is 0 Å². The number of aryl methyl sites for hydroxylation is 1. The first kappa shape index (κ1) is 18.9. The van der Waals surface area contributed by atoms with E-state index in [4.69, 9.17) is 8.53 Å². The molecular weight excluding hydrogens is 416 g/mol. The van der Waals surface area contributed by atoms with Crippen LogP contribution >= 0.6 is 0 Å². The molecule has 0 N–H and O–H groups in total. The third-order valence-corrected chi connectivity index (χ3v) is 6.64. The molecule has 0 bridgehead atoms. The Morgan fingerprint density at radius 3 is 2.35 bits per heavy atom. The monoisotopic (exact) mass is 451 g/mol. The number of rotatable bonds is 4. The Balaban J connectivity index is 1.50. The van der Waals surface area contributed by atoms with Gasteiger partial charge in [-0.05, 0) is 71.1 Å². The van der Waals surface area contributed by atoms with Crippen molar-refractivity contribution in [2.75, 3.05) is 0 Å². The SMILES string of the molecule is [2H]C([2H])([2H])c1ccc2c(n1)oc1c(-c3cc(CC(C)(C)c4ccc(C(C)(C)C)cc4)ccn3)cccc12. The molecule has 0 radical (unpaired) electrons. The zero-order chi connectivity index (χ0) is 26.6. The molecule has 0 aliphatic rings. The van der Waals surface area contributed by atoms with Gasteiger partial charge in [-0.3, -0.25) is 4.98 Å². The first-order chi connectivity index (χ1) is 17.3. The van der Waals surface area contributed by atoms with E-state index in [0.29, 0.717) is 11.3 Å². The standard InChI is InChI=1S/C31H32N2O/c1-20-10-15-25-24-8-7-9-26(28(24)34-29(25)33-20)27-18-21(16-17-32-27)19-31(5,6)23-13-11-22(12-14-23)30(2,3)4/h7-18H,19H2,1-6H3/i1D3. The molecule has 0 unspecified atom stereocenters. The third-order valence-electron chi connectivity index (χ3n) is 6.64. The van der Waals surface area contributed by atoms with Gasteiger partial charge in [0.25, 0.3) is 0 Å². The van der Waals surface area contributed by atoms with Gasteiger partial charge in [-0.25, -0.2) is 4.98 Å². The molecule has 0 aliphatic heterocycles. The molecule has 0 atom stereocenters. The van der Waals surface area contributed by atoms with Crippen LogP contribution in [-0.2, 0) is 17.3 Å². The normalized spacial score (nSPS) is 14.2. The fourth-order valence-corrected chi connectivity index (χ4v) is 4.65. The Kier molecular flexibility index (Phi) is 4.50. The number of aromatic nitrogens is 2. The van der Waals surface area contributed by atoms with Crippen molar-refractivity contribution >= 4 is 22.1 Å². The lowest BCUT2D eigenvalue weighted by Crippen LogP contribution is -2.21. The summed E-state index contributed by atoms with van der Waals surface area (Å²) in [6, 6.07) is 22.4. The predicted octanol–water partition coefficient (Wildman–Crippen LogP) is 8.17. The number of para-hydroxylation sites is 1. The van der Waals surface area contributed by atoms with E-state index < -0.39 is 6.85 Å². The molecule has 0 saturated carbocycles. The number of fused-ring (bicyclic) bond motifs is 3. The Morgan fingerprint density at radius 2 is 1.62 bits per heavy atom. The summed E-state index contributed by atoms with van der Waals surface area (Å²) in [6.45, 7) is 8.95. The molecular formula is C31H32N2O. The molecule has 5 rings (SSSR count). The van der Waals surface area contributed by atoms with Gasteiger partial charge in [-0.15, -0.1) is 0 Å². The summed E-state index contributed by atoms with van der Waals surface area (Å²) in [5, 5.41) is 1.68.